The summed E-state index contributed by atoms with van der Waals surface area (Å²) in [5.74, 6) is 0.752. The maximum atomic E-state index is 12.0. The zero-order chi connectivity index (χ0) is 15.2. The number of anilines is 1. The number of carbonyl (C=O) groups is 2. The number of nitrogens with one attached hydrogen (secondary N) is 1. The average molecular weight is 290 g/mol. The molecule has 1 aliphatic carbocycles. The van der Waals surface area contributed by atoms with Gasteiger partial charge in [0.05, 0.1) is 6.61 Å². The molecular formula is C16H22N2O3. The van der Waals surface area contributed by atoms with E-state index in [2.05, 4.69) is 5.32 Å². The first-order valence-corrected chi connectivity index (χ1v) is 7.27. The summed E-state index contributed by atoms with van der Waals surface area (Å²) in [4.78, 5) is 24.7. The van der Waals surface area contributed by atoms with Crippen LogP contribution in [0.1, 0.15) is 30.1 Å². The first kappa shape index (κ1) is 15.5. The van der Waals surface area contributed by atoms with Gasteiger partial charge >= 0.3 is 6.03 Å². The third kappa shape index (κ3) is 5.19. The standard InChI is InChI=1S/C16H22N2O3/c1-12(19)14-5-7-15(8-6-14)17-16(20)18(2)9-10-21-11-13-3-4-13/h5-8,13H,3-4,9-11H2,1-2H3,(H,17,20). The van der Waals surface area contributed by atoms with Crippen LogP contribution in [-0.2, 0) is 4.74 Å². The highest BCUT2D eigenvalue weighted by Crippen LogP contribution is 2.28. The van der Waals surface area contributed by atoms with Gasteiger partial charge in [-0.05, 0) is 49.9 Å². The molecule has 114 valence electrons. The van der Waals surface area contributed by atoms with Gasteiger partial charge in [-0.2, -0.15) is 0 Å². The lowest BCUT2D eigenvalue weighted by molar-refractivity contribution is 0.101. The van der Waals surface area contributed by atoms with Crippen LogP contribution in [0.4, 0.5) is 10.5 Å². The Hall–Kier alpha value is -1.88. The molecule has 5 nitrogen and oxygen atoms in total. The number of hydrogen-bond acceptors (Lipinski definition) is 3. The van der Waals surface area contributed by atoms with Crippen LogP contribution in [0.15, 0.2) is 24.3 Å². The number of nitrogens with zero attached hydrogens (tertiary/aromatic N) is 1. The molecular weight excluding hydrogens is 268 g/mol. The highest BCUT2D eigenvalue weighted by atomic mass is 16.5. The number of likely N-dealkylation sites (N-methyl/N-ethyl adjacent to an activating group) is 1. The van der Waals surface area contributed by atoms with Crippen LogP contribution in [0.2, 0.25) is 0 Å². The van der Waals surface area contributed by atoms with E-state index in [1.54, 1.807) is 36.2 Å². The van der Waals surface area contributed by atoms with Crippen molar-refractivity contribution in [2.75, 3.05) is 32.1 Å². The number of hydrogen-bond donors (Lipinski definition) is 1. The first-order valence-electron chi connectivity index (χ1n) is 7.27. The number of amides is 2. The summed E-state index contributed by atoms with van der Waals surface area (Å²) < 4.78 is 5.51. The molecule has 0 spiro atoms. The van der Waals surface area contributed by atoms with E-state index in [0.29, 0.717) is 24.4 Å². The topological polar surface area (TPSA) is 58.6 Å². The van der Waals surface area contributed by atoms with Crippen molar-refractivity contribution in [1.82, 2.24) is 4.90 Å². The fraction of sp³-hybridized carbons (Fsp3) is 0.500. The largest absolute Gasteiger partial charge is 0.379 e. The summed E-state index contributed by atoms with van der Waals surface area (Å²) in [6, 6.07) is 6.69. The molecule has 1 fully saturated rings. The molecule has 0 saturated heterocycles. The molecule has 2 rings (SSSR count). The lowest BCUT2D eigenvalue weighted by atomic mass is 10.1. The summed E-state index contributed by atoms with van der Waals surface area (Å²) in [5, 5.41) is 2.79. The van der Waals surface area contributed by atoms with Crippen LogP contribution in [0.5, 0.6) is 0 Å². The zero-order valence-electron chi connectivity index (χ0n) is 12.6. The van der Waals surface area contributed by atoms with Gasteiger partial charge in [0.25, 0.3) is 0 Å². The lowest BCUT2D eigenvalue weighted by Crippen LogP contribution is -2.34. The van der Waals surface area contributed by atoms with Crippen molar-refractivity contribution in [1.29, 1.82) is 0 Å². The van der Waals surface area contributed by atoms with Crippen LogP contribution >= 0.6 is 0 Å². The number of urea groups is 1. The van der Waals surface area contributed by atoms with Crippen LogP contribution in [0.3, 0.4) is 0 Å². The van der Waals surface area contributed by atoms with Gasteiger partial charge in [0, 0.05) is 31.5 Å². The maximum Gasteiger partial charge on any atom is 0.321 e. The third-order valence-electron chi connectivity index (χ3n) is 3.51. The van der Waals surface area contributed by atoms with Gasteiger partial charge in [-0.25, -0.2) is 4.79 Å². The highest BCUT2D eigenvalue weighted by Gasteiger charge is 2.21. The Morgan fingerprint density at radius 3 is 2.52 bits per heavy atom. The zero-order valence-corrected chi connectivity index (χ0v) is 12.6. The second-order valence-corrected chi connectivity index (χ2v) is 5.50. The van der Waals surface area contributed by atoms with Gasteiger partial charge in [0.15, 0.2) is 5.78 Å². The average Bonchev–Trinajstić information content (AvgIpc) is 3.28. The van der Waals surface area contributed by atoms with E-state index in [9.17, 15) is 9.59 Å². The fourth-order valence-electron chi connectivity index (χ4n) is 1.84. The highest BCUT2D eigenvalue weighted by molar-refractivity contribution is 5.95. The van der Waals surface area contributed by atoms with Crippen LogP contribution in [0.25, 0.3) is 0 Å². The summed E-state index contributed by atoms with van der Waals surface area (Å²) >= 11 is 0. The van der Waals surface area contributed by atoms with E-state index in [1.807, 2.05) is 0 Å². The van der Waals surface area contributed by atoms with Crippen molar-refractivity contribution >= 4 is 17.5 Å². The molecule has 0 radical (unpaired) electrons. The molecule has 0 unspecified atom stereocenters. The molecule has 2 amide bonds. The van der Waals surface area contributed by atoms with Gasteiger partial charge in [-0.15, -0.1) is 0 Å². The van der Waals surface area contributed by atoms with Crippen LogP contribution < -0.4 is 5.32 Å². The minimum Gasteiger partial charge on any atom is -0.379 e. The van der Waals surface area contributed by atoms with E-state index in [-0.39, 0.29) is 11.8 Å². The summed E-state index contributed by atoms with van der Waals surface area (Å²) in [6.45, 7) is 3.44. The molecule has 0 aromatic heterocycles. The summed E-state index contributed by atoms with van der Waals surface area (Å²) in [5.41, 5.74) is 1.31. The van der Waals surface area contributed by atoms with Crippen molar-refractivity contribution in [2.45, 2.75) is 19.8 Å². The van der Waals surface area contributed by atoms with Gasteiger partial charge in [0.1, 0.15) is 0 Å². The molecule has 21 heavy (non-hydrogen) atoms. The van der Waals surface area contributed by atoms with Crippen molar-refractivity contribution in [3.63, 3.8) is 0 Å². The maximum absolute atomic E-state index is 12.0. The minimum atomic E-state index is -0.180. The predicted octanol–water partition coefficient (Wildman–Crippen LogP) is 2.78. The lowest BCUT2D eigenvalue weighted by Gasteiger charge is -2.18. The van der Waals surface area contributed by atoms with Gasteiger partial charge in [-0.1, -0.05) is 0 Å². The Labute approximate surface area is 125 Å². The molecule has 0 heterocycles. The molecule has 1 aliphatic rings. The monoisotopic (exact) mass is 290 g/mol. The Kier molecular flexibility index (Phi) is 5.33. The fourth-order valence-corrected chi connectivity index (χ4v) is 1.84. The third-order valence-corrected chi connectivity index (χ3v) is 3.51. The SMILES string of the molecule is CC(=O)c1ccc(NC(=O)N(C)CCOCC2CC2)cc1. The number of ether oxygens (including phenoxy) is 1. The first-order chi connectivity index (χ1) is 10.1. The van der Waals surface area contributed by atoms with Gasteiger partial charge in [0.2, 0.25) is 0 Å². The van der Waals surface area contributed by atoms with E-state index >= 15 is 0 Å². The van der Waals surface area contributed by atoms with Crippen LogP contribution in [0, 0.1) is 5.92 Å². The van der Waals surface area contributed by atoms with Gasteiger partial charge in [-0.3, -0.25) is 4.79 Å². The number of carbonyl (C=O) groups excluding carboxylic acids is 2. The Morgan fingerprint density at radius 1 is 1.29 bits per heavy atom. The Bertz CT molecular complexity index is 495. The normalized spacial score (nSPS) is 13.8. The smallest absolute Gasteiger partial charge is 0.321 e. The molecule has 1 aromatic rings. The van der Waals surface area contributed by atoms with E-state index in [1.165, 1.54) is 19.8 Å². The van der Waals surface area contributed by atoms with Crippen molar-refractivity contribution < 1.29 is 14.3 Å². The summed E-state index contributed by atoms with van der Waals surface area (Å²) in [6.07, 6.45) is 2.54. The quantitative estimate of drug-likeness (QED) is 0.620. The number of benzene rings is 1. The molecule has 5 heteroatoms. The van der Waals surface area contributed by atoms with Crippen LogP contribution in [-0.4, -0.2) is 43.5 Å². The van der Waals surface area contributed by atoms with E-state index < -0.39 is 0 Å². The number of ketones is 1. The molecule has 1 aromatic carbocycles. The predicted molar refractivity (Wildman–Crippen MR) is 81.6 cm³/mol. The second-order valence-electron chi connectivity index (χ2n) is 5.50. The Balaban J connectivity index is 1.72. The Morgan fingerprint density at radius 2 is 1.95 bits per heavy atom. The van der Waals surface area contributed by atoms with E-state index in [4.69, 9.17) is 4.74 Å². The number of Topliss-reactive ketones (excluding diaryl/α,β-unsaturated/α-hetero) is 1. The second kappa shape index (κ2) is 7.22. The van der Waals surface area contributed by atoms with Crippen molar-refractivity contribution in [3.05, 3.63) is 29.8 Å². The molecule has 1 N–H and O–H groups in total. The van der Waals surface area contributed by atoms with Crippen molar-refractivity contribution in [3.8, 4) is 0 Å². The molecule has 0 atom stereocenters. The molecule has 0 aliphatic heterocycles. The minimum absolute atomic E-state index is 0.0119. The molecule has 1 saturated carbocycles. The van der Waals surface area contributed by atoms with Gasteiger partial charge < -0.3 is 15.0 Å². The summed E-state index contributed by atoms with van der Waals surface area (Å²) in [7, 11) is 1.74. The number of rotatable bonds is 7. The van der Waals surface area contributed by atoms with Crippen molar-refractivity contribution in [2.24, 2.45) is 5.92 Å². The van der Waals surface area contributed by atoms with E-state index in [0.717, 1.165) is 12.5 Å². The molecule has 0 bridgehead atoms.